The summed E-state index contributed by atoms with van der Waals surface area (Å²) in [5.41, 5.74) is 5.61. The molecule has 2 unspecified atom stereocenters. The molecule has 0 spiro atoms. The fraction of sp³-hybridized carbons (Fsp3) is 0.750. The summed E-state index contributed by atoms with van der Waals surface area (Å²) >= 11 is 0. The SMILES string of the molecule is COC(=O)C(N)C1CCNC(=O)C1. The molecule has 1 aliphatic rings. The minimum Gasteiger partial charge on any atom is -0.468 e. The van der Waals surface area contributed by atoms with E-state index in [2.05, 4.69) is 10.1 Å². The van der Waals surface area contributed by atoms with Crippen LogP contribution in [-0.2, 0) is 14.3 Å². The van der Waals surface area contributed by atoms with Crippen molar-refractivity contribution >= 4 is 11.9 Å². The van der Waals surface area contributed by atoms with E-state index in [1.54, 1.807) is 0 Å². The zero-order valence-corrected chi connectivity index (χ0v) is 7.58. The molecule has 1 amide bonds. The Balaban J connectivity index is 2.50. The molecule has 2 atom stereocenters. The molecule has 1 rings (SSSR count). The molecule has 1 aliphatic heterocycles. The Hall–Kier alpha value is -1.10. The number of piperidine rings is 1. The van der Waals surface area contributed by atoms with E-state index in [1.165, 1.54) is 7.11 Å². The number of hydrogen-bond acceptors (Lipinski definition) is 4. The van der Waals surface area contributed by atoms with Crippen molar-refractivity contribution in [3.8, 4) is 0 Å². The van der Waals surface area contributed by atoms with Crippen LogP contribution in [0.2, 0.25) is 0 Å². The molecule has 1 fully saturated rings. The maximum atomic E-state index is 11.0. The standard InChI is InChI=1S/C8H14N2O3/c1-13-8(12)7(9)5-2-3-10-6(11)4-5/h5,7H,2-4,9H2,1H3,(H,10,11). The van der Waals surface area contributed by atoms with Crippen LogP contribution < -0.4 is 11.1 Å². The van der Waals surface area contributed by atoms with Crippen LogP contribution in [0.3, 0.4) is 0 Å². The van der Waals surface area contributed by atoms with Gasteiger partial charge in [0.1, 0.15) is 6.04 Å². The van der Waals surface area contributed by atoms with Crippen LogP contribution in [0, 0.1) is 5.92 Å². The van der Waals surface area contributed by atoms with Crippen molar-refractivity contribution in [3.05, 3.63) is 0 Å². The van der Waals surface area contributed by atoms with Crippen LogP contribution in [0.15, 0.2) is 0 Å². The van der Waals surface area contributed by atoms with Gasteiger partial charge in [0.2, 0.25) is 5.91 Å². The second-order valence-corrected chi connectivity index (χ2v) is 3.15. The van der Waals surface area contributed by atoms with Gasteiger partial charge in [0, 0.05) is 13.0 Å². The van der Waals surface area contributed by atoms with Crippen molar-refractivity contribution in [1.82, 2.24) is 5.32 Å². The van der Waals surface area contributed by atoms with Gasteiger partial charge < -0.3 is 15.8 Å². The fourth-order valence-corrected chi connectivity index (χ4v) is 1.44. The molecule has 0 saturated carbocycles. The summed E-state index contributed by atoms with van der Waals surface area (Å²) in [7, 11) is 1.30. The zero-order valence-electron chi connectivity index (χ0n) is 7.58. The van der Waals surface area contributed by atoms with E-state index in [-0.39, 0.29) is 11.8 Å². The third-order valence-corrected chi connectivity index (χ3v) is 2.27. The first-order valence-electron chi connectivity index (χ1n) is 4.25. The predicted octanol–water partition coefficient (Wildman–Crippen LogP) is -0.987. The van der Waals surface area contributed by atoms with Gasteiger partial charge in [-0.25, -0.2) is 0 Å². The smallest absolute Gasteiger partial charge is 0.322 e. The molecule has 13 heavy (non-hydrogen) atoms. The second-order valence-electron chi connectivity index (χ2n) is 3.15. The Morgan fingerprint density at radius 1 is 1.77 bits per heavy atom. The van der Waals surface area contributed by atoms with Crippen molar-refractivity contribution in [2.75, 3.05) is 13.7 Å². The molecule has 0 radical (unpaired) electrons. The highest BCUT2D eigenvalue weighted by molar-refractivity contribution is 5.80. The number of amides is 1. The Morgan fingerprint density at radius 3 is 3.00 bits per heavy atom. The van der Waals surface area contributed by atoms with Crippen molar-refractivity contribution in [2.24, 2.45) is 11.7 Å². The lowest BCUT2D eigenvalue weighted by atomic mass is 9.90. The quantitative estimate of drug-likeness (QED) is 0.543. The predicted molar refractivity (Wildman–Crippen MR) is 45.7 cm³/mol. The lowest BCUT2D eigenvalue weighted by Crippen LogP contribution is -2.45. The highest BCUT2D eigenvalue weighted by Gasteiger charge is 2.29. The largest absolute Gasteiger partial charge is 0.468 e. The number of carbonyl (C=O) groups excluding carboxylic acids is 2. The van der Waals surface area contributed by atoms with Crippen LogP contribution in [0.5, 0.6) is 0 Å². The molecule has 0 bridgehead atoms. The highest BCUT2D eigenvalue weighted by atomic mass is 16.5. The van der Waals surface area contributed by atoms with Crippen LogP contribution in [0.4, 0.5) is 0 Å². The van der Waals surface area contributed by atoms with Gasteiger partial charge in [-0.3, -0.25) is 9.59 Å². The number of methoxy groups -OCH3 is 1. The molecule has 5 nitrogen and oxygen atoms in total. The van der Waals surface area contributed by atoms with Crippen LogP contribution in [-0.4, -0.2) is 31.6 Å². The number of ether oxygens (including phenoxy) is 1. The summed E-state index contributed by atoms with van der Waals surface area (Å²) in [6.07, 6.45) is 1.05. The van der Waals surface area contributed by atoms with Gasteiger partial charge in [0.25, 0.3) is 0 Å². The van der Waals surface area contributed by atoms with Crippen molar-refractivity contribution in [1.29, 1.82) is 0 Å². The van der Waals surface area contributed by atoms with Crippen LogP contribution in [0.25, 0.3) is 0 Å². The number of hydrogen-bond donors (Lipinski definition) is 2. The Kier molecular flexibility index (Phi) is 3.25. The van der Waals surface area contributed by atoms with E-state index in [0.717, 1.165) is 6.42 Å². The van der Waals surface area contributed by atoms with Gasteiger partial charge >= 0.3 is 5.97 Å². The second kappa shape index (κ2) is 4.23. The molecule has 5 heteroatoms. The molecule has 74 valence electrons. The topological polar surface area (TPSA) is 81.4 Å². The summed E-state index contributed by atoms with van der Waals surface area (Å²) in [4.78, 5) is 22.0. The first-order valence-corrected chi connectivity index (χ1v) is 4.25. The van der Waals surface area contributed by atoms with Gasteiger partial charge in [0.05, 0.1) is 7.11 Å². The third kappa shape index (κ3) is 2.42. The Labute approximate surface area is 76.6 Å². The van der Waals surface area contributed by atoms with E-state index in [4.69, 9.17) is 5.73 Å². The molecule has 3 N–H and O–H groups in total. The molecule has 1 heterocycles. The lowest BCUT2D eigenvalue weighted by Gasteiger charge is -2.25. The highest BCUT2D eigenvalue weighted by Crippen LogP contribution is 2.16. The molecule has 1 saturated heterocycles. The number of rotatable bonds is 2. The normalized spacial score (nSPS) is 24.8. The molecular formula is C8H14N2O3. The van der Waals surface area contributed by atoms with E-state index in [1.807, 2.05) is 0 Å². The van der Waals surface area contributed by atoms with Crippen LogP contribution in [0.1, 0.15) is 12.8 Å². The number of esters is 1. The van der Waals surface area contributed by atoms with E-state index < -0.39 is 12.0 Å². The average Bonchev–Trinajstić information content (AvgIpc) is 2.15. The van der Waals surface area contributed by atoms with Gasteiger partial charge in [0.15, 0.2) is 0 Å². The fourth-order valence-electron chi connectivity index (χ4n) is 1.44. The average molecular weight is 186 g/mol. The Bertz CT molecular complexity index is 217. The molecule has 0 aromatic rings. The summed E-state index contributed by atoms with van der Waals surface area (Å²) < 4.78 is 4.50. The maximum absolute atomic E-state index is 11.0. The number of nitrogens with one attached hydrogen (secondary N) is 1. The van der Waals surface area contributed by atoms with Crippen molar-refractivity contribution in [2.45, 2.75) is 18.9 Å². The van der Waals surface area contributed by atoms with Crippen molar-refractivity contribution < 1.29 is 14.3 Å². The first kappa shape index (κ1) is 9.98. The number of carbonyl (C=O) groups is 2. The summed E-state index contributed by atoms with van der Waals surface area (Å²) in [6.45, 7) is 0.591. The van der Waals surface area contributed by atoms with Gasteiger partial charge in [-0.05, 0) is 12.3 Å². The van der Waals surface area contributed by atoms with Gasteiger partial charge in [-0.1, -0.05) is 0 Å². The molecular weight excluding hydrogens is 172 g/mol. The van der Waals surface area contributed by atoms with E-state index in [9.17, 15) is 9.59 Å². The lowest BCUT2D eigenvalue weighted by molar-refractivity contribution is -0.144. The Morgan fingerprint density at radius 2 is 2.46 bits per heavy atom. The monoisotopic (exact) mass is 186 g/mol. The van der Waals surface area contributed by atoms with E-state index >= 15 is 0 Å². The number of nitrogens with two attached hydrogens (primary N) is 1. The van der Waals surface area contributed by atoms with Crippen LogP contribution >= 0.6 is 0 Å². The summed E-state index contributed by atoms with van der Waals surface area (Å²) in [5.74, 6) is -0.573. The third-order valence-electron chi connectivity index (χ3n) is 2.27. The summed E-state index contributed by atoms with van der Waals surface area (Å²) in [6, 6.07) is -0.670. The molecule has 0 aliphatic carbocycles. The molecule has 0 aromatic carbocycles. The summed E-state index contributed by atoms with van der Waals surface area (Å²) in [5, 5.41) is 2.68. The van der Waals surface area contributed by atoms with Crippen molar-refractivity contribution in [3.63, 3.8) is 0 Å². The zero-order chi connectivity index (χ0) is 9.84. The minimum absolute atomic E-state index is 0.0457. The molecule has 0 aromatic heterocycles. The van der Waals surface area contributed by atoms with Gasteiger partial charge in [-0.2, -0.15) is 0 Å². The maximum Gasteiger partial charge on any atom is 0.322 e. The minimum atomic E-state index is -0.670. The van der Waals surface area contributed by atoms with E-state index in [0.29, 0.717) is 13.0 Å². The van der Waals surface area contributed by atoms with Gasteiger partial charge in [-0.15, -0.1) is 0 Å². The first-order chi connectivity index (χ1) is 6.15.